The minimum Gasteiger partial charge on any atom is -0.287 e. The predicted molar refractivity (Wildman–Crippen MR) is 51.0 cm³/mol. The minimum atomic E-state index is -4.67. The zero-order chi connectivity index (χ0) is 11.9. The Morgan fingerprint density at radius 1 is 1.44 bits per heavy atom. The van der Waals surface area contributed by atoms with E-state index in [0.717, 1.165) is 6.42 Å². The molecule has 0 saturated heterocycles. The molecule has 0 aromatic carbocycles. The predicted octanol–water partition coefficient (Wildman–Crippen LogP) is 1.91. The van der Waals surface area contributed by atoms with Gasteiger partial charge in [0.25, 0.3) is 0 Å². The van der Waals surface area contributed by atoms with Gasteiger partial charge in [0.1, 0.15) is 0 Å². The van der Waals surface area contributed by atoms with E-state index < -0.39 is 17.3 Å². The number of nitrogens with one attached hydrogen (secondary N) is 1. The lowest BCUT2D eigenvalue weighted by molar-refractivity contribution is -0.142. The monoisotopic (exact) mass is 232 g/mol. The van der Waals surface area contributed by atoms with Crippen LogP contribution in [0.3, 0.4) is 0 Å². The van der Waals surface area contributed by atoms with Crippen molar-refractivity contribution in [2.45, 2.75) is 32.4 Å². The summed E-state index contributed by atoms with van der Waals surface area (Å²) in [5.41, 5.74) is -1.49. The van der Waals surface area contributed by atoms with E-state index >= 15 is 0 Å². The van der Waals surface area contributed by atoms with Gasteiger partial charge >= 0.3 is 6.18 Å². The lowest BCUT2D eigenvalue weighted by atomic mass is 9.88. The molecule has 0 saturated carbocycles. The average Bonchev–Trinajstić information content (AvgIpc) is 2.15. The molecule has 1 unspecified atom stereocenters. The Morgan fingerprint density at radius 3 is 2.75 bits per heavy atom. The van der Waals surface area contributed by atoms with Crippen LogP contribution in [0.1, 0.15) is 30.3 Å². The molecule has 1 N–H and O–H groups in total. The third-order valence-corrected chi connectivity index (χ3v) is 2.86. The molecule has 0 aliphatic heterocycles. The van der Waals surface area contributed by atoms with Crippen molar-refractivity contribution in [1.82, 2.24) is 10.2 Å². The summed E-state index contributed by atoms with van der Waals surface area (Å²) in [4.78, 5) is 11.6. The molecule has 16 heavy (non-hydrogen) atoms. The van der Waals surface area contributed by atoms with Gasteiger partial charge in [-0.15, -0.1) is 0 Å². The smallest absolute Gasteiger partial charge is 0.287 e. The summed E-state index contributed by atoms with van der Waals surface area (Å²) in [6.45, 7) is 2.00. The molecule has 0 fully saturated rings. The summed E-state index contributed by atoms with van der Waals surface area (Å²) in [5, 5.41) is 5.50. The number of hydrogen-bond donors (Lipinski definition) is 1. The molecule has 3 nitrogen and oxygen atoms in total. The summed E-state index contributed by atoms with van der Waals surface area (Å²) in [6.07, 6.45) is -2.93. The van der Waals surface area contributed by atoms with Crippen LogP contribution < -0.4 is 5.43 Å². The normalized spacial score (nSPS) is 20.6. The standard InChI is InChI=1S/C10H11F3N2O/c1-5-2-3-6-7(4-5)14-15-9(8(6)16)10(11,12)13/h5H,2-4H2,1H3,(H,14,16). The Morgan fingerprint density at radius 2 is 2.12 bits per heavy atom. The first-order valence-electron chi connectivity index (χ1n) is 5.07. The van der Waals surface area contributed by atoms with Crippen LogP contribution in [0.25, 0.3) is 0 Å². The molecule has 0 spiro atoms. The van der Waals surface area contributed by atoms with Crippen LogP contribution in [-0.4, -0.2) is 10.2 Å². The maximum atomic E-state index is 12.4. The van der Waals surface area contributed by atoms with Crippen LogP contribution in [0.4, 0.5) is 13.2 Å². The molecule has 1 heterocycles. The molecule has 88 valence electrons. The van der Waals surface area contributed by atoms with Gasteiger partial charge in [0.2, 0.25) is 11.1 Å². The largest absolute Gasteiger partial charge is 0.439 e. The van der Waals surface area contributed by atoms with E-state index in [1.807, 2.05) is 6.92 Å². The first kappa shape index (κ1) is 11.2. The number of aromatic nitrogens is 2. The fraction of sp³-hybridized carbons (Fsp3) is 0.600. The second-order valence-electron chi connectivity index (χ2n) is 4.20. The van der Waals surface area contributed by atoms with E-state index in [9.17, 15) is 18.0 Å². The van der Waals surface area contributed by atoms with Crippen LogP contribution in [-0.2, 0) is 19.0 Å². The van der Waals surface area contributed by atoms with Gasteiger partial charge < -0.3 is 0 Å². The quantitative estimate of drug-likeness (QED) is 0.742. The maximum Gasteiger partial charge on any atom is 0.439 e. The molecular weight excluding hydrogens is 221 g/mol. The van der Waals surface area contributed by atoms with Gasteiger partial charge in [-0.3, -0.25) is 9.89 Å². The molecule has 1 aliphatic rings. The summed E-state index contributed by atoms with van der Waals surface area (Å²) in [7, 11) is 0. The van der Waals surface area contributed by atoms with Crippen LogP contribution >= 0.6 is 0 Å². The van der Waals surface area contributed by atoms with Gasteiger partial charge in [0.15, 0.2) is 0 Å². The van der Waals surface area contributed by atoms with Crippen molar-refractivity contribution in [2.75, 3.05) is 0 Å². The van der Waals surface area contributed by atoms with E-state index in [1.165, 1.54) is 0 Å². The minimum absolute atomic E-state index is 0.250. The number of hydrogen-bond acceptors (Lipinski definition) is 2. The highest BCUT2D eigenvalue weighted by Gasteiger charge is 2.37. The molecule has 1 aromatic rings. The van der Waals surface area contributed by atoms with E-state index in [1.54, 1.807) is 0 Å². The number of nitrogens with zero attached hydrogens (tertiary/aromatic N) is 1. The Balaban J connectivity index is 2.53. The van der Waals surface area contributed by atoms with Crippen molar-refractivity contribution in [3.63, 3.8) is 0 Å². The van der Waals surface area contributed by atoms with Crippen LogP contribution in [0, 0.1) is 5.92 Å². The molecule has 1 aliphatic carbocycles. The van der Waals surface area contributed by atoms with Crippen LogP contribution in [0.2, 0.25) is 0 Å². The van der Waals surface area contributed by atoms with E-state index in [4.69, 9.17) is 0 Å². The van der Waals surface area contributed by atoms with Crippen molar-refractivity contribution < 1.29 is 13.2 Å². The molecule has 2 rings (SSSR count). The van der Waals surface area contributed by atoms with Crippen molar-refractivity contribution in [1.29, 1.82) is 0 Å². The zero-order valence-electron chi connectivity index (χ0n) is 8.69. The molecule has 0 radical (unpaired) electrons. The fourth-order valence-electron chi connectivity index (χ4n) is 1.99. The Kier molecular flexibility index (Phi) is 2.52. The van der Waals surface area contributed by atoms with Gasteiger partial charge in [-0.1, -0.05) is 6.92 Å². The highest BCUT2D eigenvalue weighted by Crippen LogP contribution is 2.27. The SMILES string of the molecule is CC1CCc2c([nH]nc(C(F)(F)F)c2=O)C1. The third kappa shape index (κ3) is 1.83. The van der Waals surface area contributed by atoms with Crippen molar-refractivity contribution in [3.05, 3.63) is 27.2 Å². The lowest BCUT2D eigenvalue weighted by Crippen LogP contribution is -2.30. The Bertz CT molecular complexity index is 464. The van der Waals surface area contributed by atoms with Gasteiger partial charge in [0.05, 0.1) is 0 Å². The topological polar surface area (TPSA) is 45.8 Å². The van der Waals surface area contributed by atoms with Gasteiger partial charge in [0, 0.05) is 11.3 Å². The fourth-order valence-corrected chi connectivity index (χ4v) is 1.99. The maximum absolute atomic E-state index is 12.4. The van der Waals surface area contributed by atoms with Crippen molar-refractivity contribution in [2.24, 2.45) is 5.92 Å². The lowest BCUT2D eigenvalue weighted by Gasteiger charge is -2.20. The molecular formula is C10H11F3N2O. The molecule has 0 bridgehead atoms. The van der Waals surface area contributed by atoms with Crippen LogP contribution in [0.15, 0.2) is 4.79 Å². The van der Waals surface area contributed by atoms with Gasteiger partial charge in [-0.05, 0) is 25.2 Å². The zero-order valence-corrected chi connectivity index (χ0v) is 8.69. The molecule has 0 amide bonds. The number of fused-ring (bicyclic) bond motifs is 1. The third-order valence-electron chi connectivity index (χ3n) is 2.86. The highest BCUT2D eigenvalue weighted by molar-refractivity contribution is 5.25. The summed E-state index contributed by atoms with van der Waals surface area (Å²) in [6, 6.07) is 0. The molecule has 1 aromatic heterocycles. The summed E-state index contributed by atoms with van der Waals surface area (Å²) in [5.74, 6) is 0.377. The summed E-state index contributed by atoms with van der Waals surface area (Å²) < 4.78 is 37.2. The Hall–Kier alpha value is -1.33. The number of aromatic amines is 1. The number of rotatable bonds is 0. The number of alkyl halides is 3. The van der Waals surface area contributed by atoms with Gasteiger partial charge in [-0.2, -0.15) is 18.3 Å². The van der Waals surface area contributed by atoms with E-state index in [2.05, 4.69) is 10.2 Å². The number of H-pyrrole nitrogens is 1. The van der Waals surface area contributed by atoms with E-state index in [0.29, 0.717) is 24.5 Å². The van der Waals surface area contributed by atoms with Crippen molar-refractivity contribution in [3.8, 4) is 0 Å². The Labute approximate surface area is 89.7 Å². The van der Waals surface area contributed by atoms with Crippen LogP contribution in [0.5, 0.6) is 0 Å². The summed E-state index contributed by atoms with van der Waals surface area (Å²) >= 11 is 0. The highest BCUT2D eigenvalue weighted by atomic mass is 19.4. The molecule has 1 atom stereocenters. The number of halogens is 3. The van der Waals surface area contributed by atoms with Crippen molar-refractivity contribution >= 4 is 0 Å². The second kappa shape index (κ2) is 3.61. The second-order valence-corrected chi connectivity index (χ2v) is 4.20. The average molecular weight is 232 g/mol. The van der Waals surface area contributed by atoms with E-state index in [-0.39, 0.29) is 5.56 Å². The first-order chi connectivity index (χ1) is 7.39. The van der Waals surface area contributed by atoms with Gasteiger partial charge in [-0.25, -0.2) is 0 Å². The first-order valence-corrected chi connectivity index (χ1v) is 5.07. The molecule has 6 heteroatoms.